The molecule has 0 spiro atoms. The minimum Gasteiger partial charge on any atom is -0.425 e. The molecular formula is C26H28N4O2. The third-order valence-electron chi connectivity index (χ3n) is 6.92. The van der Waals surface area contributed by atoms with E-state index in [4.69, 9.17) is 4.42 Å². The molecule has 0 saturated heterocycles. The average molecular weight is 429 g/mol. The molecule has 1 amide bonds. The second-order valence-electron chi connectivity index (χ2n) is 9.41. The maximum Gasteiger partial charge on any atom is 0.221 e. The molecular weight excluding hydrogens is 400 g/mol. The van der Waals surface area contributed by atoms with Gasteiger partial charge in [-0.1, -0.05) is 62.4 Å². The monoisotopic (exact) mass is 428 g/mol. The van der Waals surface area contributed by atoms with Gasteiger partial charge in [-0.15, -0.1) is 10.2 Å². The van der Waals surface area contributed by atoms with Gasteiger partial charge in [0.05, 0.1) is 6.42 Å². The van der Waals surface area contributed by atoms with E-state index >= 15 is 0 Å². The maximum atomic E-state index is 12.5. The molecule has 164 valence electrons. The highest BCUT2D eigenvalue weighted by Gasteiger charge is 2.61. The number of nitrogens with one attached hydrogen (secondary N) is 2. The molecule has 2 aromatic carbocycles. The fourth-order valence-electron chi connectivity index (χ4n) is 4.82. The Morgan fingerprint density at radius 2 is 1.78 bits per heavy atom. The number of H-pyrrole nitrogens is 1. The van der Waals surface area contributed by atoms with Gasteiger partial charge in [0.25, 0.3) is 0 Å². The van der Waals surface area contributed by atoms with Gasteiger partial charge in [0.1, 0.15) is 0 Å². The minimum atomic E-state index is 0.0133. The number of aryl methyl sites for hydroxylation is 1. The zero-order valence-corrected chi connectivity index (χ0v) is 18.5. The second-order valence-corrected chi connectivity index (χ2v) is 9.41. The Morgan fingerprint density at radius 3 is 2.56 bits per heavy atom. The summed E-state index contributed by atoms with van der Waals surface area (Å²) in [7, 11) is 0. The van der Waals surface area contributed by atoms with Crippen molar-refractivity contribution in [3.63, 3.8) is 0 Å². The number of benzene rings is 2. The van der Waals surface area contributed by atoms with Crippen LogP contribution in [0.25, 0.3) is 10.9 Å². The van der Waals surface area contributed by atoms with Gasteiger partial charge in [0.15, 0.2) is 0 Å². The Kier molecular flexibility index (Phi) is 5.08. The number of para-hydroxylation sites is 1. The highest BCUT2D eigenvalue weighted by molar-refractivity contribution is 5.83. The quantitative estimate of drug-likeness (QED) is 0.431. The number of fused-ring (bicyclic) bond motifs is 1. The molecule has 0 aliphatic heterocycles. The Morgan fingerprint density at radius 1 is 1.06 bits per heavy atom. The summed E-state index contributed by atoms with van der Waals surface area (Å²) in [6.07, 6.45) is 4.39. The van der Waals surface area contributed by atoms with Crippen molar-refractivity contribution in [2.24, 2.45) is 5.41 Å². The molecule has 6 nitrogen and oxygen atoms in total. The van der Waals surface area contributed by atoms with Crippen LogP contribution in [0.3, 0.4) is 0 Å². The average Bonchev–Trinajstić information content (AvgIpc) is 3.14. The molecule has 4 aromatic rings. The third-order valence-corrected chi connectivity index (χ3v) is 6.92. The topological polar surface area (TPSA) is 83.8 Å². The summed E-state index contributed by atoms with van der Waals surface area (Å²) in [5.74, 6) is 1.08. The molecule has 32 heavy (non-hydrogen) atoms. The lowest BCUT2D eigenvalue weighted by Crippen LogP contribution is -2.34. The maximum absolute atomic E-state index is 12.5. The number of rotatable bonds is 8. The molecule has 0 unspecified atom stereocenters. The Bertz CT molecular complexity index is 1240. The van der Waals surface area contributed by atoms with Crippen molar-refractivity contribution >= 4 is 16.8 Å². The zero-order chi connectivity index (χ0) is 22.2. The number of carbonyl (C=O) groups is 1. The molecule has 2 N–H and O–H groups in total. The van der Waals surface area contributed by atoms with Crippen LogP contribution in [0.15, 0.2) is 65.2 Å². The molecule has 2 heterocycles. The van der Waals surface area contributed by atoms with Crippen molar-refractivity contribution in [2.45, 2.75) is 44.9 Å². The van der Waals surface area contributed by atoms with E-state index in [1.165, 1.54) is 5.56 Å². The largest absolute Gasteiger partial charge is 0.425 e. The van der Waals surface area contributed by atoms with E-state index in [2.05, 4.69) is 64.7 Å². The first-order chi connectivity index (χ1) is 15.5. The van der Waals surface area contributed by atoms with Crippen LogP contribution in [0, 0.1) is 5.41 Å². The molecule has 6 heteroatoms. The number of amides is 1. The highest BCUT2D eigenvalue weighted by atomic mass is 16.4. The van der Waals surface area contributed by atoms with Gasteiger partial charge in [0.2, 0.25) is 17.7 Å². The van der Waals surface area contributed by atoms with Gasteiger partial charge in [-0.25, -0.2) is 0 Å². The molecule has 5 rings (SSSR count). The first-order valence-electron chi connectivity index (χ1n) is 11.2. The number of carbonyl (C=O) groups excluding carboxylic acids is 1. The lowest BCUT2D eigenvalue weighted by molar-refractivity contribution is -0.121. The van der Waals surface area contributed by atoms with Crippen LogP contribution in [-0.2, 0) is 23.1 Å². The van der Waals surface area contributed by atoms with Crippen molar-refractivity contribution in [1.29, 1.82) is 0 Å². The fourth-order valence-corrected chi connectivity index (χ4v) is 4.82. The highest BCUT2D eigenvalue weighted by Crippen LogP contribution is 2.63. The summed E-state index contributed by atoms with van der Waals surface area (Å²) >= 11 is 0. The number of aromatic amines is 1. The first-order valence-corrected chi connectivity index (χ1v) is 11.2. The van der Waals surface area contributed by atoms with Gasteiger partial charge in [-0.2, -0.15) is 0 Å². The summed E-state index contributed by atoms with van der Waals surface area (Å²) in [6.45, 7) is 5.18. The summed E-state index contributed by atoms with van der Waals surface area (Å²) < 4.78 is 5.80. The van der Waals surface area contributed by atoms with E-state index in [0.717, 1.165) is 22.9 Å². The van der Waals surface area contributed by atoms with Gasteiger partial charge < -0.3 is 14.7 Å². The molecule has 1 aliphatic carbocycles. The third kappa shape index (κ3) is 3.81. The summed E-state index contributed by atoms with van der Waals surface area (Å²) in [6, 6.07) is 18.6. The first kappa shape index (κ1) is 20.5. The molecule has 0 radical (unpaired) electrons. The van der Waals surface area contributed by atoms with Crippen molar-refractivity contribution in [3.8, 4) is 0 Å². The zero-order valence-electron chi connectivity index (χ0n) is 18.5. The van der Waals surface area contributed by atoms with E-state index in [1.807, 2.05) is 30.5 Å². The molecule has 1 saturated carbocycles. The SMILES string of the molecule is CC1(C)C[C@]1(CNC(=O)CCc1nnc(Cc2c[nH]c3ccccc23)o1)c1ccccc1. The molecule has 1 aliphatic rings. The summed E-state index contributed by atoms with van der Waals surface area (Å²) in [5, 5.41) is 12.6. The fraction of sp³-hybridized carbons (Fsp3) is 0.346. The van der Waals surface area contributed by atoms with Crippen LogP contribution in [0.4, 0.5) is 0 Å². The Labute approximate surface area is 187 Å². The van der Waals surface area contributed by atoms with E-state index in [9.17, 15) is 4.79 Å². The predicted molar refractivity (Wildman–Crippen MR) is 123 cm³/mol. The second kappa shape index (κ2) is 7.93. The number of hydrogen-bond acceptors (Lipinski definition) is 4. The minimum absolute atomic E-state index is 0.0133. The smallest absolute Gasteiger partial charge is 0.221 e. The normalized spacial score (nSPS) is 19.2. The van der Waals surface area contributed by atoms with Crippen LogP contribution >= 0.6 is 0 Å². The van der Waals surface area contributed by atoms with Gasteiger partial charge >= 0.3 is 0 Å². The Hall–Kier alpha value is -3.41. The number of aromatic nitrogens is 3. The molecule has 0 bridgehead atoms. The van der Waals surface area contributed by atoms with Crippen LogP contribution in [0.1, 0.15) is 49.6 Å². The van der Waals surface area contributed by atoms with E-state index in [1.54, 1.807) is 0 Å². The molecule has 2 aromatic heterocycles. The van der Waals surface area contributed by atoms with E-state index in [-0.39, 0.29) is 16.7 Å². The van der Waals surface area contributed by atoms with Crippen molar-refractivity contribution in [2.75, 3.05) is 6.54 Å². The van der Waals surface area contributed by atoms with Gasteiger partial charge in [-0.05, 0) is 29.0 Å². The van der Waals surface area contributed by atoms with Crippen molar-refractivity contribution in [3.05, 3.63) is 83.7 Å². The molecule has 1 fully saturated rings. The van der Waals surface area contributed by atoms with Crippen LogP contribution in [-0.4, -0.2) is 27.6 Å². The molecule has 1 atom stereocenters. The van der Waals surface area contributed by atoms with Crippen molar-refractivity contribution < 1.29 is 9.21 Å². The lowest BCUT2D eigenvalue weighted by atomic mass is 9.88. The van der Waals surface area contributed by atoms with E-state index < -0.39 is 0 Å². The number of nitrogens with zero attached hydrogens (tertiary/aromatic N) is 2. The van der Waals surface area contributed by atoms with E-state index in [0.29, 0.717) is 37.6 Å². The Balaban J connectivity index is 1.15. The van der Waals surface area contributed by atoms with Crippen LogP contribution in [0.5, 0.6) is 0 Å². The predicted octanol–water partition coefficient (Wildman–Crippen LogP) is 4.56. The lowest BCUT2D eigenvalue weighted by Gasteiger charge is -2.22. The van der Waals surface area contributed by atoms with Crippen molar-refractivity contribution in [1.82, 2.24) is 20.5 Å². The summed E-state index contributed by atoms with van der Waals surface area (Å²) in [5.41, 5.74) is 3.70. The van der Waals surface area contributed by atoms with Crippen LogP contribution < -0.4 is 5.32 Å². The standard InChI is InChI=1S/C26H28N4O2/c1-25(2)16-26(25,19-8-4-3-5-9-19)17-28-22(31)12-13-23-29-30-24(32-23)14-18-15-27-21-11-7-6-10-20(18)21/h3-11,15,27H,12-14,16-17H2,1-2H3,(H,28,31)/t26-/m0/s1. The van der Waals surface area contributed by atoms with Crippen LogP contribution in [0.2, 0.25) is 0 Å². The van der Waals surface area contributed by atoms with Gasteiger partial charge in [-0.3, -0.25) is 4.79 Å². The summed E-state index contributed by atoms with van der Waals surface area (Å²) in [4.78, 5) is 15.8. The number of hydrogen-bond donors (Lipinski definition) is 2. The van der Waals surface area contributed by atoms with Gasteiger partial charge in [0, 0.05) is 41.9 Å².